The molecule has 0 bridgehead atoms. The number of aliphatic carboxylic acids is 1. The molecule has 1 N–H and O–H groups in total. The maximum atomic E-state index is 10.9. The van der Waals surface area contributed by atoms with Gasteiger partial charge < -0.3 is 14.6 Å². The molecule has 0 heterocycles. The zero-order chi connectivity index (χ0) is 15.2. The van der Waals surface area contributed by atoms with E-state index in [2.05, 4.69) is 0 Å². The number of hydrogen-bond acceptors (Lipinski definition) is 3. The van der Waals surface area contributed by atoms with Gasteiger partial charge in [0.1, 0.15) is 17.2 Å². The van der Waals surface area contributed by atoms with Gasteiger partial charge in [-0.3, -0.25) is 0 Å². The Morgan fingerprint density at radius 1 is 1.05 bits per heavy atom. The first-order chi connectivity index (χ1) is 10.1. The first kappa shape index (κ1) is 15.2. The molecule has 0 saturated carbocycles. The van der Waals surface area contributed by atoms with Crippen LogP contribution in [0.25, 0.3) is 0 Å². The lowest BCUT2D eigenvalue weighted by Crippen LogP contribution is -2.25. The number of carbonyl (C=O) groups is 1. The fraction of sp³-hybridized carbons (Fsp3) is 0.188. The van der Waals surface area contributed by atoms with Crippen LogP contribution in [-0.4, -0.2) is 17.2 Å². The molecule has 21 heavy (non-hydrogen) atoms. The van der Waals surface area contributed by atoms with Crippen LogP contribution in [0.15, 0.2) is 48.5 Å². The molecule has 2 rings (SSSR count). The Morgan fingerprint density at radius 3 is 2.00 bits per heavy atom. The molecule has 1 unspecified atom stereocenters. The van der Waals surface area contributed by atoms with Crippen LogP contribution in [0.4, 0.5) is 0 Å². The van der Waals surface area contributed by atoms with Gasteiger partial charge >= 0.3 is 5.97 Å². The molecule has 110 valence electrons. The molecular weight excluding hydrogens is 292 g/mol. The third-order valence-corrected chi connectivity index (χ3v) is 3.05. The van der Waals surface area contributed by atoms with Gasteiger partial charge in [-0.05, 0) is 55.0 Å². The first-order valence-corrected chi connectivity index (χ1v) is 6.89. The van der Waals surface area contributed by atoms with Gasteiger partial charge in [0.2, 0.25) is 0 Å². The van der Waals surface area contributed by atoms with Gasteiger partial charge in [0.15, 0.2) is 6.10 Å². The third-order valence-electron chi connectivity index (χ3n) is 2.80. The summed E-state index contributed by atoms with van der Waals surface area (Å²) in [5.41, 5.74) is 0. The van der Waals surface area contributed by atoms with E-state index in [4.69, 9.17) is 26.2 Å². The highest BCUT2D eigenvalue weighted by Gasteiger charge is 2.16. The van der Waals surface area contributed by atoms with Gasteiger partial charge in [-0.1, -0.05) is 18.5 Å². The fourth-order valence-electron chi connectivity index (χ4n) is 1.70. The van der Waals surface area contributed by atoms with Gasteiger partial charge in [-0.15, -0.1) is 0 Å². The molecule has 2 aromatic rings. The van der Waals surface area contributed by atoms with E-state index in [1.54, 1.807) is 55.5 Å². The maximum absolute atomic E-state index is 10.9. The van der Waals surface area contributed by atoms with Crippen molar-refractivity contribution in [1.29, 1.82) is 0 Å². The van der Waals surface area contributed by atoms with Crippen LogP contribution in [0.2, 0.25) is 5.02 Å². The fourth-order valence-corrected chi connectivity index (χ4v) is 1.82. The van der Waals surface area contributed by atoms with Crippen LogP contribution in [-0.2, 0) is 4.79 Å². The van der Waals surface area contributed by atoms with E-state index < -0.39 is 12.1 Å². The van der Waals surface area contributed by atoms with Crippen LogP contribution < -0.4 is 9.47 Å². The van der Waals surface area contributed by atoms with Gasteiger partial charge in [0.05, 0.1) is 0 Å². The number of carboxylic acid groups (broad SMARTS) is 1. The van der Waals surface area contributed by atoms with Crippen molar-refractivity contribution in [2.24, 2.45) is 0 Å². The lowest BCUT2D eigenvalue weighted by atomic mass is 10.2. The zero-order valence-corrected chi connectivity index (χ0v) is 12.2. The second kappa shape index (κ2) is 6.99. The predicted octanol–water partition coefficient (Wildman–Crippen LogP) is 4.37. The maximum Gasteiger partial charge on any atom is 0.344 e. The molecule has 0 aromatic heterocycles. The van der Waals surface area contributed by atoms with Crippen molar-refractivity contribution in [2.45, 2.75) is 19.4 Å². The highest BCUT2D eigenvalue weighted by molar-refractivity contribution is 6.30. The van der Waals surface area contributed by atoms with Crippen molar-refractivity contribution in [2.75, 3.05) is 0 Å². The van der Waals surface area contributed by atoms with E-state index in [9.17, 15) is 4.79 Å². The summed E-state index contributed by atoms with van der Waals surface area (Å²) in [7, 11) is 0. The monoisotopic (exact) mass is 306 g/mol. The second-order valence-corrected chi connectivity index (χ2v) is 4.82. The van der Waals surface area contributed by atoms with Crippen molar-refractivity contribution in [1.82, 2.24) is 0 Å². The van der Waals surface area contributed by atoms with Crippen molar-refractivity contribution >= 4 is 17.6 Å². The zero-order valence-electron chi connectivity index (χ0n) is 11.5. The number of halogens is 1. The highest BCUT2D eigenvalue weighted by atomic mass is 35.5. The van der Waals surface area contributed by atoms with Gasteiger partial charge in [0.25, 0.3) is 0 Å². The Morgan fingerprint density at radius 2 is 1.52 bits per heavy atom. The molecule has 0 fully saturated rings. The van der Waals surface area contributed by atoms with E-state index >= 15 is 0 Å². The van der Waals surface area contributed by atoms with Crippen LogP contribution in [0.5, 0.6) is 17.2 Å². The summed E-state index contributed by atoms with van der Waals surface area (Å²) in [6.07, 6.45) is -0.439. The standard InChI is InChI=1S/C16H15ClO4/c1-2-15(16(18)19)21-14-9-7-13(8-10-14)20-12-5-3-11(17)4-6-12/h3-10,15H,2H2,1H3,(H,18,19). The summed E-state index contributed by atoms with van der Waals surface area (Å²) in [6, 6.07) is 13.8. The average Bonchev–Trinajstić information content (AvgIpc) is 2.48. The molecule has 0 aliphatic heterocycles. The SMILES string of the molecule is CCC(Oc1ccc(Oc2ccc(Cl)cc2)cc1)C(=O)O. The summed E-state index contributed by atoms with van der Waals surface area (Å²) in [6.45, 7) is 1.76. The van der Waals surface area contributed by atoms with Crippen LogP contribution in [0.1, 0.15) is 13.3 Å². The summed E-state index contributed by atoms with van der Waals surface area (Å²) in [5.74, 6) is 0.824. The molecule has 0 saturated heterocycles. The minimum absolute atomic E-state index is 0.401. The quantitative estimate of drug-likeness (QED) is 0.860. The van der Waals surface area contributed by atoms with Crippen molar-refractivity contribution in [3.05, 3.63) is 53.6 Å². The predicted molar refractivity (Wildman–Crippen MR) is 80.3 cm³/mol. The molecule has 0 amide bonds. The molecule has 0 radical (unpaired) electrons. The largest absolute Gasteiger partial charge is 0.479 e. The third kappa shape index (κ3) is 4.39. The van der Waals surface area contributed by atoms with Crippen LogP contribution in [0, 0.1) is 0 Å². The van der Waals surface area contributed by atoms with Crippen LogP contribution in [0.3, 0.4) is 0 Å². The summed E-state index contributed by atoms with van der Waals surface area (Å²) < 4.78 is 11.0. The smallest absolute Gasteiger partial charge is 0.344 e. The number of rotatable bonds is 6. The summed E-state index contributed by atoms with van der Waals surface area (Å²) in [4.78, 5) is 10.9. The number of hydrogen-bond donors (Lipinski definition) is 1. The van der Waals surface area contributed by atoms with E-state index in [1.165, 1.54) is 0 Å². The normalized spacial score (nSPS) is 11.7. The van der Waals surface area contributed by atoms with E-state index in [0.29, 0.717) is 28.7 Å². The topological polar surface area (TPSA) is 55.8 Å². The molecule has 1 atom stereocenters. The average molecular weight is 307 g/mol. The van der Waals surface area contributed by atoms with E-state index in [1.807, 2.05) is 0 Å². The molecule has 0 aliphatic rings. The van der Waals surface area contributed by atoms with Gasteiger partial charge in [0, 0.05) is 5.02 Å². The second-order valence-electron chi connectivity index (χ2n) is 4.38. The Hall–Kier alpha value is -2.20. The Balaban J connectivity index is 2.01. The van der Waals surface area contributed by atoms with Crippen molar-refractivity contribution in [3.63, 3.8) is 0 Å². The molecule has 0 spiro atoms. The van der Waals surface area contributed by atoms with Crippen molar-refractivity contribution in [3.8, 4) is 17.2 Å². The highest BCUT2D eigenvalue weighted by Crippen LogP contribution is 2.25. The lowest BCUT2D eigenvalue weighted by Gasteiger charge is -2.13. The Kier molecular flexibility index (Phi) is 5.06. The Labute approximate surface area is 127 Å². The van der Waals surface area contributed by atoms with E-state index in [0.717, 1.165) is 0 Å². The first-order valence-electron chi connectivity index (χ1n) is 6.51. The number of ether oxygens (including phenoxy) is 2. The van der Waals surface area contributed by atoms with Crippen LogP contribution >= 0.6 is 11.6 Å². The molecule has 2 aromatic carbocycles. The minimum atomic E-state index is -0.973. The van der Waals surface area contributed by atoms with E-state index in [-0.39, 0.29) is 0 Å². The van der Waals surface area contributed by atoms with Gasteiger partial charge in [-0.2, -0.15) is 0 Å². The Bertz CT molecular complexity index is 593. The molecule has 0 aliphatic carbocycles. The minimum Gasteiger partial charge on any atom is -0.479 e. The lowest BCUT2D eigenvalue weighted by molar-refractivity contribution is -0.145. The number of benzene rings is 2. The van der Waals surface area contributed by atoms with Gasteiger partial charge in [-0.25, -0.2) is 4.79 Å². The summed E-state index contributed by atoms with van der Waals surface area (Å²) >= 11 is 5.80. The summed E-state index contributed by atoms with van der Waals surface area (Å²) in [5, 5.41) is 9.59. The molecule has 5 heteroatoms. The molecular formula is C16H15ClO4. The molecule has 4 nitrogen and oxygen atoms in total. The number of carboxylic acids is 1. The van der Waals surface area contributed by atoms with Crippen molar-refractivity contribution < 1.29 is 19.4 Å².